The zero-order valence-corrected chi connectivity index (χ0v) is 22.5. The van der Waals surface area contributed by atoms with Gasteiger partial charge in [-0.15, -0.1) is 0 Å². The number of ether oxygens (including phenoxy) is 1. The Labute approximate surface area is 226 Å². The number of piperazine rings is 1. The first kappa shape index (κ1) is 28.5. The van der Waals surface area contributed by atoms with Crippen LogP contribution >= 0.6 is 0 Å². The van der Waals surface area contributed by atoms with Crippen molar-refractivity contribution in [3.8, 4) is 5.75 Å². The molecule has 11 heteroatoms. The summed E-state index contributed by atoms with van der Waals surface area (Å²) in [6, 6.07) is 10.2. The second kappa shape index (κ2) is 11.7. The van der Waals surface area contributed by atoms with Gasteiger partial charge < -0.3 is 24.8 Å². The number of alkyl halides is 3. The molecule has 1 N–H and O–H groups in total. The maximum atomic E-state index is 13.9. The van der Waals surface area contributed by atoms with Crippen LogP contribution in [0.15, 0.2) is 36.4 Å². The van der Waals surface area contributed by atoms with Gasteiger partial charge in [0.05, 0.1) is 13.7 Å². The molecule has 0 aliphatic carbocycles. The van der Waals surface area contributed by atoms with Crippen LogP contribution in [0.4, 0.5) is 18.0 Å². The van der Waals surface area contributed by atoms with Crippen molar-refractivity contribution in [2.45, 2.75) is 64.5 Å². The second-order valence-corrected chi connectivity index (χ2v) is 10.2. The molecule has 0 spiro atoms. The Hall–Kier alpha value is -3.50. The maximum absolute atomic E-state index is 13.9. The molecule has 3 atom stereocenters. The van der Waals surface area contributed by atoms with E-state index in [2.05, 4.69) is 5.32 Å². The summed E-state index contributed by atoms with van der Waals surface area (Å²) in [6.45, 7) is 4.23. The molecular formula is C28H35F3N4O4. The number of amides is 4. The standard InChI is InChI=1S/C28H35F3N4O4/c1-4-18(2)25-26(37)33(16-19-10-11-22(39-3)21-9-6-5-8-20(19)21)17-23-34(15-12-24(36)35(23)25)27(38)32-14-7-13-28(29,30)31/h5-6,8-11,18,23,25H,4,7,12-17H2,1-3H3,(H,32,38)/t18-,23+,25-/m0/s1. The molecule has 2 saturated heterocycles. The minimum Gasteiger partial charge on any atom is -0.496 e. The molecule has 2 heterocycles. The molecule has 0 aromatic heterocycles. The third-order valence-electron chi connectivity index (χ3n) is 7.70. The van der Waals surface area contributed by atoms with Crippen molar-refractivity contribution in [1.29, 1.82) is 0 Å². The van der Waals surface area contributed by atoms with E-state index in [0.29, 0.717) is 12.2 Å². The third kappa shape index (κ3) is 6.07. The van der Waals surface area contributed by atoms with Crippen molar-refractivity contribution >= 4 is 28.6 Å². The summed E-state index contributed by atoms with van der Waals surface area (Å²) < 4.78 is 43.1. The first-order valence-corrected chi connectivity index (χ1v) is 13.3. The Balaban J connectivity index is 1.62. The number of urea groups is 1. The Bertz CT molecular complexity index is 1220. The van der Waals surface area contributed by atoms with Gasteiger partial charge in [0.25, 0.3) is 0 Å². The first-order chi connectivity index (χ1) is 18.6. The number of methoxy groups -OCH3 is 1. The highest BCUT2D eigenvalue weighted by atomic mass is 19.4. The number of fused-ring (bicyclic) bond motifs is 2. The van der Waals surface area contributed by atoms with Gasteiger partial charge in [0.2, 0.25) is 11.8 Å². The maximum Gasteiger partial charge on any atom is 0.389 e. The first-order valence-electron chi connectivity index (χ1n) is 13.3. The van der Waals surface area contributed by atoms with E-state index >= 15 is 0 Å². The highest BCUT2D eigenvalue weighted by Crippen LogP contribution is 2.33. The SMILES string of the molecule is CC[C@H](C)[C@H]1C(=O)N(Cc2ccc(OC)c3ccccc23)C[C@@H]2N(C(=O)NCCCC(F)(F)F)CCC(=O)N12. The van der Waals surface area contributed by atoms with Crippen LogP contribution in [0.25, 0.3) is 10.8 Å². The fourth-order valence-electron chi connectivity index (χ4n) is 5.49. The van der Waals surface area contributed by atoms with Crippen molar-refractivity contribution in [1.82, 2.24) is 20.0 Å². The molecule has 0 bridgehead atoms. The van der Waals surface area contributed by atoms with Crippen LogP contribution in [0.2, 0.25) is 0 Å². The van der Waals surface area contributed by atoms with Gasteiger partial charge >= 0.3 is 12.2 Å². The van der Waals surface area contributed by atoms with Crippen molar-refractivity contribution < 1.29 is 32.3 Å². The number of hydrogen-bond acceptors (Lipinski definition) is 4. The van der Waals surface area contributed by atoms with Crippen LogP contribution in [-0.2, 0) is 16.1 Å². The average molecular weight is 549 g/mol. The molecule has 39 heavy (non-hydrogen) atoms. The van der Waals surface area contributed by atoms with Crippen molar-refractivity contribution in [3.05, 3.63) is 42.0 Å². The number of rotatable bonds is 8. The minimum absolute atomic E-state index is 0.0514. The van der Waals surface area contributed by atoms with Crippen LogP contribution in [-0.4, -0.2) is 77.7 Å². The number of hydrogen-bond donors (Lipinski definition) is 1. The quantitative estimate of drug-likeness (QED) is 0.492. The highest BCUT2D eigenvalue weighted by Gasteiger charge is 2.50. The van der Waals surface area contributed by atoms with Gasteiger partial charge in [0.1, 0.15) is 18.0 Å². The van der Waals surface area contributed by atoms with E-state index in [1.54, 1.807) is 12.0 Å². The average Bonchev–Trinajstić information content (AvgIpc) is 2.91. The van der Waals surface area contributed by atoms with Gasteiger partial charge in [-0.05, 0) is 29.4 Å². The third-order valence-corrected chi connectivity index (χ3v) is 7.70. The topological polar surface area (TPSA) is 82.2 Å². The van der Waals surface area contributed by atoms with Crippen molar-refractivity contribution in [3.63, 3.8) is 0 Å². The molecule has 2 aliphatic rings. The lowest BCUT2D eigenvalue weighted by Gasteiger charge is -2.53. The number of carbonyl (C=O) groups is 3. The Morgan fingerprint density at radius 1 is 1.15 bits per heavy atom. The van der Waals surface area contributed by atoms with Crippen LogP contribution in [0.3, 0.4) is 0 Å². The zero-order chi connectivity index (χ0) is 28.3. The minimum atomic E-state index is -4.29. The molecule has 4 amide bonds. The van der Waals surface area contributed by atoms with Gasteiger partial charge in [-0.3, -0.25) is 9.59 Å². The fourth-order valence-corrected chi connectivity index (χ4v) is 5.49. The molecule has 0 unspecified atom stereocenters. The number of nitrogens with zero attached hydrogens (tertiary/aromatic N) is 3. The lowest BCUT2D eigenvalue weighted by Crippen LogP contribution is -2.72. The zero-order valence-electron chi connectivity index (χ0n) is 22.5. The predicted molar refractivity (Wildman–Crippen MR) is 140 cm³/mol. The van der Waals surface area contributed by atoms with Crippen LogP contribution in [0, 0.1) is 5.92 Å². The Morgan fingerprint density at radius 3 is 2.54 bits per heavy atom. The molecule has 2 aromatic carbocycles. The van der Waals surface area contributed by atoms with Crippen LogP contribution < -0.4 is 10.1 Å². The molecule has 2 fully saturated rings. The molecule has 212 valence electrons. The van der Waals surface area contributed by atoms with Gasteiger partial charge in [0, 0.05) is 37.9 Å². The van der Waals surface area contributed by atoms with Crippen molar-refractivity contribution in [2.24, 2.45) is 5.92 Å². The van der Waals surface area contributed by atoms with Crippen molar-refractivity contribution in [2.75, 3.05) is 26.7 Å². The number of benzene rings is 2. The predicted octanol–water partition coefficient (Wildman–Crippen LogP) is 4.52. The molecular weight excluding hydrogens is 513 g/mol. The van der Waals surface area contributed by atoms with Crippen LogP contribution in [0.5, 0.6) is 5.75 Å². The largest absolute Gasteiger partial charge is 0.496 e. The van der Waals surface area contributed by atoms with E-state index < -0.39 is 30.8 Å². The Morgan fingerprint density at radius 2 is 1.87 bits per heavy atom. The summed E-state index contributed by atoms with van der Waals surface area (Å²) >= 11 is 0. The summed E-state index contributed by atoms with van der Waals surface area (Å²) in [5.74, 6) is 0.180. The Kier molecular flexibility index (Phi) is 8.56. The van der Waals surface area contributed by atoms with E-state index in [1.165, 1.54) is 9.80 Å². The smallest absolute Gasteiger partial charge is 0.389 e. The summed E-state index contributed by atoms with van der Waals surface area (Å²) in [5, 5.41) is 4.42. The fraction of sp³-hybridized carbons (Fsp3) is 0.536. The van der Waals surface area contributed by atoms with E-state index in [0.717, 1.165) is 16.3 Å². The summed E-state index contributed by atoms with van der Waals surface area (Å²) in [7, 11) is 1.60. The van der Waals surface area contributed by atoms with E-state index in [4.69, 9.17) is 4.74 Å². The normalized spacial score (nSPS) is 20.7. The molecule has 8 nitrogen and oxygen atoms in total. The van der Waals surface area contributed by atoms with Gasteiger partial charge in [-0.1, -0.05) is 50.6 Å². The molecule has 0 saturated carbocycles. The van der Waals surface area contributed by atoms with E-state index in [9.17, 15) is 27.6 Å². The number of carbonyl (C=O) groups excluding carboxylic acids is 3. The number of halogens is 3. The van der Waals surface area contributed by atoms with E-state index in [1.807, 2.05) is 50.2 Å². The van der Waals surface area contributed by atoms with Gasteiger partial charge in [-0.25, -0.2) is 4.79 Å². The summed E-state index contributed by atoms with van der Waals surface area (Å²) in [6.07, 6.45) is -5.53. The van der Waals surface area contributed by atoms with E-state index in [-0.39, 0.29) is 56.8 Å². The van der Waals surface area contributed by atoms with Gasteiger partial charge in [0.15, 0.2) is 0 Å². The molecule has 2 aromatic rings. The summed E-state index contributed by atoms with van der Waals surface area (Å²) in [5.41, 5.74) is 0.904. The highest BCUT2D eigenvalue weighted by molar-refractivity contribution is 5.93. The molecule has 0 radical (unpaired) electrons. The lowest BCUT2D eigenvalue weighted by atomic mass is 9.91. The summed E-state index contributed by atoms with van der Waals surface area (Å²) in [4.78, 5) is 44.8. The second-order valence-electron chi connectivity index (χ2n) is 10.2. The monoisotopic (exact) mass is 548 g/mol. The van der Waals surface area contributed by atoms with Crippen LogP contribution in [0.1, 0.15) is 45.1 Å². The number of nitrogens with one attached hydrogen (secondary N) is 1. The van der Waals surface area contributed by atoms with Gasteiger partial charge in [-0.2, -0.15) is 13.2 Å². The molecule has 4 rings (SSSR count). The lowest BCUT2D eigenvalue weighted by molar-refractivity contribution is -0.170. The molecule has 2 aliphatic heterocycles.